The van der Waals surface area contributed by atoms with E-state index in [0.717, 1.165) is 25.2 Å². The molecule has 1 aliphatic rings. The van der Waals surface area contributed by atoms with Gasteiger partial charge >= 0.3 is 0 Å². The molecule has 230 valence electrons. The Kier molecular flexibility index (Phi) is 11.4. The summed E-state index contributed by atoms with van der Waals surface area (Å²) >= 11 is 1.88. The molecule has 6 rings (SSSR count). The number of fused-ring (bicyclic) bond motifs is 3. The molecule has 0 aliphatic carbocycles. The summed E-state index contributed by atoms with van der Waals surface area (Å²) < 4.78 is 16.5. The smallest absolute Gasteiger partial charge is 0.235 e. The minimum atomic E-state index is -0.212. The Labute approximate surface area is 270 Å². The number of methoxy groups -OCH3 is 2. The number of likely N-dealkylation sites (N-methyl/N-ethyl adjacent to an activating group) is 1. The molecule has 0 radical (unpaired) electrons. The van der Waals surface area contributed by atoms with Crippen LogP contribution in [0.3, 0.4) is 0 Å². The molecule has 6 nitrogen and oxygen atoms in total. The second-order valence-electron chi connectivity index (χ2n) is 10.2. The number of halogens is 1. The van der Waals surface area contributed by atoms with E-state index in [-0.39, 0.29) is 23.6 Å². The molecule has 8 heteroatoms. The number of anilines is 2. The van der Waals surface area contributed by atoms with Crippen LogP contribution in [0.25, 0.3) is 22.3 Å². The van der Waals surface area contributed by atoms with Crippen molar-refractivity contribution in [2.45, 2.75) is 36.6 Å². The molecule has 0 N–H and O–H groups in total. The molecule has 0 amide bonds. The van der Waals surface area contributed by atoms with Crippen LogP contribution in [0, 0.1) is 0 Å². The summed E-state index contributed by atoms with van der Waals surface area (Å²) in [7, 11) is 3.01. The molecule has 1 atom stereocenters. The molecule has 5 aromatic rings. The molecule has 2 heterocycles. The Morgan fingerprint density at radius 2 is 1.39 bits per heavy atom. The van der Waals surface area contributed by atoms with Gasteiger partial charge in [-0.05, 0) is 56.4 Å². The van der Waals surface area contributed by atoms with Gasteiger partial charge in [0.1, 0.15) is 0 Å². The van der Waals surface area contributed by atoms with E-state index < -0.39 is 0 Å². The third-order valence-corrected chi connectivity index (χ3v) is 8.84. The Morgan fingerprint density at radius 3 is 1.95 bits per heavy atom. The van der Waals surface area contributed by atoms with Gasteiger partial charge in [-0.1, -0.05) is 86.3 Å². The van der Waals surface area contributed by atoms with Crippen molar-refractivity contribution >= 4 is 46.5 Å². The first-order valence-corrected chi connectivity index (χ1v) is 15.4. The molecule has 0 bridgehead atoms. The lowest BCUT2D eigenvalue weighted by Gasteiger charge is -2.37. The van der Waals surface area contributed by atoms with Crippen molar-refractivity contribution in [1.29, 1.82) is 0 Å². The van der Waals surface area contributed by atoms with Gasteiger partial charge < -0.3 is 18.8 Å². The minimum absolute atomic E-state index is 0. The maximum absolute atomic E-state index is 12.6. The molecule has 0 saturated carbocycles. The van der Waals surface area contributed by atoms with Crippen LogP contribution in [0.2, 0.25) is 0 Å². The highest BCUT2D eigenvalue weighted by molar-refractivity contribution is 7.99. The predicted octanol–water partition coefficient (Wildman–Crippen LogP) is 8.92. The molecule has 1 aliphatic heterocycles. The van der Waals surface area contributed by atoms with Gasteiger partial charge in [0.15, 0.2) is 17.1 Å². The van der Waals surface area contributed by atoms with Crippen molar-refractivity contribution in [3.05, 3.63) is 107 Å². The lowest BCUT2D eigenvalue weighted by atomic mass is 10.1. The highest BCUT2D eigenvalue weighted by atomic mass is 35.5. The molecule has 1 aromatic heterocycles. The normalized spacial score (nSPS) is 12.4. The fraction of sp³-hybridized carbons (Fsp3) is 0.250. The fourth-order valence-electron chi connectivity index (χ4n) is 5.50. The van der Waals surface area contributed by atoms with E-state index in [0.29, 0.717) is 28.5 Å². The van der Waals surface area contributed by atoms with E-state index >= 15 is 0 Å². The second kappa shape index (κ2) is 15.2. The average Bonchev–Trinajstić information content (AvgIpc) is 3.05. The van der Waals surface area contributed by atoms with Gasteiger partial charge in [0.05, 0.1) is 31.0 Å². The van der Waals surface area contributed by atoms with Crippen LogP contribution in [0.5, 0.6) is 11.5 Å². The van der Waals surface area contributed by atoms with Crippen molar-refractivity contribution in [2.75, 3.05) is 38.8 Å². The predicted molar refractivity (Wildman–Crippen MR) is 185 cm³/mol. The fourth-order valence-corrected chi connectivity index (χ4v) is 6.60. The summed E-state index contributed by atoms with van der Waals surface area (Å²) in [6.45, 7) is 10.0. The van der Waals surface area contributed by atoms with Gasteiger partial charge in [-0.2, -0.15) is 0 Å². The number of nitrogens with zero attached hydrogens (tertiary/aromatic N) is 2. The van der Waals surface area contributed by atoms with E-state index in [1.54, 1.807) is 25.3 Å². The van der Waals surface area contributed by atoms with E-state index in [1.807, 2.05) is 42.1 Å². The second-order valence-corrected chi connectivity index (χ2v) is 11.3. The summed E-state index contributed by atoms with van der Waals surface area (Å²) in [6.07, 6.45) is 0. The van der Waals surface area contributed by atoms with Crippen LogP contribution < -0.4 is 19.8 Å². The zero-order valence-electron chi connectivity index (χ0n) is 25.8. The topological polar surface area (TPSA) is 55.1 Å². The Morgan fingerprint density at radius 1 is 0.795 bits per heavy atom. The van der Waals surface area contributed by atoms with Crippen LogP contribution in [-0.4, -0.2) is 44.8 Å². The minimum Gasteiger partial charge on any atom is -0.493 e. The molecule has 44 heavy (non-hydrogen) atoms. The summed E-state index contributed by atoms with van der Waals surface area (Å²) in [6, 6.07) is 32.6. The maximum Gasteiger partial charge on any atom is 0.235 e. The first-order chi connectivity index (χ1) is 21.0. The zero-order chi connectivity index (χ0) is 30.3. The number of hydrogen-bond donors (Lipinski definition) is 0. The Bertz CT molecular complexity index is 1690. The summed E-state index contributed by atoms with van der Waals surface area (Å²) in [4.78, 5) is 20.3. The number of para-hydroxylation sites is 3. The number of rotatable bonds is 8. The lowest BCUT2D eigenvalue weighted by Crippen LogP contribution is -2.41. The van der Waals surface area contributed by atoms with Gasteiger partial charge in [0.25, 0.3) is 0 Å². The van der Waals surface area contributed by atoms with Crippen LogP contribution in [0.1, 0.15) is 20.8 Å². The largest absolute Gasteiger partial charge is 0.493 e. The Balaban J connectivity index is 0.000000197. The summed E-state index contributed by atoms with van der Waals surface area (Å²) in [5, 5.41) is 0.436. The lowest BCUT2D eigenvalue weighted by molar-refractivity contribution is 0.236. The Hall–Kier alpha value is -3.91. The van der Waals surface area contributed by atoms with Crippen molar-refractivity contribution in [3.63, 3.8) is 0 Å². The highest BCUT2D eigenvalue weighted by Gasteiger charge is 2.25. The third kappa shape index (κ3) is 6.75. The van der Waals surface area contributed by atoms with E-state index in [1.165, 1.54) is 28.3 Å². The quantitative estimate of drug-likeness (QED) is 0.170. The first kappa shape index (κ1) is 33.0. The van der Waals surface area contributed by atoms with Crippen molar-refractivity contribution in [1.82, 2.24) is 4.90 Å². The van der Waals surface area contributed by atoms with Crippen LogP contribution >= 0.6 is 24.2 Å². The first-order valence-electron chi connectivity index (χ1n) is 14.6. The van der Waals surface area contributed by atoms with Gasteiger partial charge in [-0.25, -0.2) is 0 Å². The summed E-state index contributed by atoms with van der Waals surface area (Å²) in [5.41, 5.74) is 3.66. The maximum atomic E-state index is 12.6. The van der Waals surface area contributed by atoms with Gasteiger partial charge in [0.2, 0.25) is 11.2 Å². The molecular weight excluding hydrogens is 592 g/mol. The van der Waals surface area contributed by atoms with Crippen molar-refractivity contribution < 1.29 is 13.9 Å². The van der Waals surface area contributed by atoms with Crippen LogP contribution in [0.15, 0.2) is 116 Å². The standard InChI is InChI=1S/C19H24N2S.C17H14O4.ClH/c1-4-20(5-2)15(3)14-21-16-10-6-8-12-18(16)22-19-13-9-7-11-17(19)21;1-19-13-10-6-9-12-14(18)17(20-2)15(21-16(12)13)11-7-4-3-5-8-11;/h6-13,15H,4-5,14H2,1-3H3;3-10H,1-2H3;1H. The van der Waals surface area contributed by atoms with E-state index in [9.17, 15) is 4.79 Å². The van der Waals surface area contributed by atoms with Crippen LogP contribution in [0.4, 0.5) is 11.4 Å². The SMILES string of the molecule is CCN(CC)C(C)CN1c2ccccc2Sc2ccccc21.COc1c(-c2ccccc2)oc2c(OC)cccc2c1=O.Cl. The molecular formula is C36H39ClN2O4S. The van der Waals surface area contributed by atoms with E-state index in [4.69, 9.17) is 13.9 Å². The molecule has 4 aromatic carbocycles. The monoisotopic (exact) mass is 630 g/mol. The van der Waals surface area contributed by atoms with Crippen molar-refractivity contribution in [2.24, 2.45) is 0 Å². The van der Waals surface area contributed by atoms with Crippen molar-refractivity contribution in [3.8, 4) is 22.8 Å². The van der Waals surface area contributed by atoms with Gasteiger partial charge in [-0.3, -0.25) is 9.69 Å². The number of ether oxygens (including phenoxy) is 2. The van der Waals surface area contributed by atoms with Gasteiger partial charge in [0, 0.05) is 27.9 Å². The third-order valence-electron chi connectivity index (χ3n) is 7.71. The molecule has 0 spiro atoms. The van der Waals surface area contributed by atoms with Gasteiger partial charge in [-0.15, -0.1) is 12.4 Å². The number of hydrogen-bond acceptors (Lipinski definition) is 7. The average molecular weight is 631 g/mol. The van der Waals surface area contributed by atoms with Crippen LogP contribution in [-0.2, 0) is 0 Å². The number of benzene rings is 4. The zero-order valence-corrected chi connectivity index (χ0v) is 27.4. The molecule has 1 unspecified atom stereocenters. The molecule has 0 fully saturated rings. The highest BCUT2D eigenvalue weighted by Crippen LogP contribution is 2.47. The van der Waals surface area contributed by atoms with E-state index in [2.05, 4.69) is 79.1 Å². The summed E-state index contributed by atoms with van der Waals surface area (Å²) in [5.74, 6) is 1.12. The molecule has 0 saturated heterocycles.